The molecule has 0 fully saturated rings. The van der Waals surface area contributed by atoms with Gasteiger partial charge in [0.05, 0.1) is 38.5 Å². The Kier molecular flexibility index (Phi) is 33.9. The number of hydrogen-bond acceptors (Lipinski definition) is 14. The summed E-state index contributed by atoms with van der Waals surface area (Å²) in [7, 11) is 0. The van der Waals surface area contributed by atoms with Gasteiger partial charge in [-0.15, -0.1) is 0 Å². The zero-order chi connectivity index (χ0) is 25.0. The maximum Gasteiger partial charge on any atom is 1.00 e. The van der Waals surface area contributed by atoms with Gasteiger partial charge in [-0.05, 0) is 13.8 Å². The number of rotatable bonds is 9. The standard InChI is InChI=1S/C6H14O6.C3H8O3.2C3H6O3.Na/c7-1-3(9)5(11)6(12)4(10)2-8;4-1-3(6)2-5;2*1-2(4)3(5)6;/h3-12H,1-2H2;3-6H,1-2H2;2*2,4H,1H3,(H,5,6);/q;;;;+1/p-1/t3-,4+,5-,6-;;;;/m1..../s1. The number of carboxylic acids is 2. The van der Waals surface area contributed by atoms with Crippen LogP contribution in [0, 0.1) is 0 Å². The molecule has 2 unspecified atom stereocenters. The Morgan fingerprint density at radius 2 is 0.903 bits per heavy atom. The normalized spacial score (nSPS) is 15.5. The fourth-order valence-electron chi connectivity index (χ4n) is 0.729. The van der Waals surface area contributed by atoms with Crippen LogP contribution in [0.15, 0.2) is 0 Å². The van der Waals surface area contributed by atoms with Crippen molar-refractivity contribution in [2.24, 2.45) is 0 Å². The first kappa shape index (κ1) is 40.8. The molecule has 0 aromatic rings. The van der Waals surface area contributed by atoms with Gasteiger partial charge < -0.3 is 71.2 Å². The van der Waals surface area contributed by atoms with Gasteiger partial charge in [-0.3, -0.25) is 0 Å². The van der Waals surface area contributed by atoms with Crippen molar-refractivity contribution < 1.29 is 106 Å². The van der Waals surface area contributed by atoms with Crippen LogP contribution in [0.1, 0.15) is 13.8 Å². The summed E-state index contributed by atoms with van der Waals surface area (Å²) >= 11 is 0. The third-order valence-electron chi connectivity index (χ3n) is 2.63. The van der Waals surface area contributed by atoms with Crippen molar-refractivity contribution in [2.75, 3.05) is 26.4 Å². The quantitative estimate of drug-likeness (QED) is 0.137. The maximum absolute atomic E-state index is 9.45. The third-order valence-corrected chi connectivity index (χ3v) is 2.63. The van der Waals surface area contributed by atoms with E-state index < -0.39 is 67.9 Å². The van der Waals surface area contributed by atoms with Gasteiger partial charge in [0.25, 0.3) is 0 Å². The fourth-order valence-corrected chi connectivity index (χ4v) is 0.729. The van der Waals surface area contributed by atoms with Crippen LogP contribution in [0.2, 0.25) is 0 Å². The number of carbonyl (C=O) groups is 2. The molecule has 0 aromatic heterocycles. The van der Waals surface area contributed by atoms with Gasteiger partial charge in [0.1, 0.15) is 36.6 Å². The molecule has 184 valence electrons. The summed E-state index contributed by atoms with van der Waals surface area (Å²) in [6.45, 7) is 0.150. The summed E-state index contributed by atoms with van der Waals surface area (Å²) < 4.78 is 0. The molecule has 0 spiro atoms. The van der Waals surface area contributed by atoms with Crippen molar-refractivity contribution in [1.82, 2.24) is 0 Å². The second-order valence-electron chi connectivity index (χ2n) is 5.51. The number of aliphatic hydroxyl groups is 11. The Morgan fingerprint density at radius 3 is 0.968 bits per heavy atom. The zero-order valence-corrected chi connectivity index (χ0v) is 19.5. The van der Waals surface area contributed by atoms with Gasteiger partial charge in [0.2, 0.25) is 0 Å². The SMILES string of the molecule is CC(O)C(=O)O.CC(O)C(=O)[O-].OCC(O)CO.OC[C@@H](O)[C@@H](O)[C@H](O)[C@@H](O)CO.[Na+]. The zero-order valence-electron chi connectivity index (χ0n) is 17.5. The van der Waals surface area contributed by atoms with Crippen LogP contribution in [0.25, 0.3) is 0 Å². The predicted octanol–water partition coefficient (Wildman–Crippen LogP) is -10.7. The molecule has 0 aromatic carbocycles. The molecule has 0 heterocycles. The van der Waals surface area contributed by atoms with Gasteiger partial charge in [0, 0.05) is 0 Å². The maximum atomic E-state index is 9.45. The van der Waals surface area contributed by atoms with Gasteiger partial charge in [-0.1, -0.05) is 0 Å². The molecule has 0 bridgehead atoms. The summed E-state index contributed by atoms with van der Waals surface area (Å²) in [6.07, 6.45) is -9.92. The number of hydrogen-bond donors (Lipinski definition) is 12. The molecule has 31 heavy (non-hydrogen) atoms. The van der Waals surface area contributed by atoms with E-state index in [1.54, 1.807) is 0 Å². The van der Waals surface area contributed by atoms with Crippen LogP contribution >= 0.6 is 0 Å². The van der Waals surface area contributed by atoms with Crippen LogP contribution in [0.5, 0.6) is 0 Å². The van der Waals surface area contributed by atoms with Gasteiger partial charge >= 0.3 is 35.5 Å². The van der Waals surface area contributed by atoms with Crippen LogP contribution in [0.3, 0.4) is 0 Å². The Morgan fingerprint density at radius 1 is 0.677 bits per heavy atom. The molecule has 0 aliphatic carbocycles. The van der Waals surface area contributed by atoms with Crippen LogP contribution < -0.4 is 34.7 Å². The van der Waals surface area contributed by atoms with Crippen molar-refractivity contribution in [1.29, 1.82) is 0 Å². The summed E-state index contributed by atoms with van der Waals surface area (Å²) in [4.78, 5) is 18.8. The first-order valence-electron chi connectivity index (χ1n) is 8.27. The van der Waals surface area contributed by atoms with E-state index in [0.717, 1.165) is 6.92 Å². The van der Waals surface area contributed by atoms with E-state index in [1.165, 1.54) is 6.92 Å². The first-order chi connectivity index (χ1) is 13.6. The largest absolute Gasteiger partial charge is 1.00 e. The minimum atomic E-state index is -1.67. The second kappa shape index (κ2) is 25.8. The smallest absolute Gasteiger partial charge is 0.547 e. The minimum Gasteiger partial charge on any atom is -0.547 e. The van der Waals surface area contributed by atoms with E-state index >= 15 is 0 Å². The second-order valence-corrected chi connectivity index (χ2v) is 5.51. The summed E-state index contributed by atoms with van der Waals surface area (Å²) in [6, 6.07) is 0. The molecule has 0 aliphatic rings. The Hall–Kier alpha value is -0.500. The van der Waals surface area contributed by atoms with Crippen molar-refractivity contribution >= 4 is 11.9 Å². The van der Waals surface area contributed by atoms with E-state index in [0.29, 0.717) is 0 Å². The van der Waals surface area contributed by atoms with Crippen molar-refractivity contribution in [3.8, 4) is 0 Å². The Balaban J connectivity index is -0.000000102. The minimum absolute atomic E-state index is 0. The number of aliphatic carboxylic acids is 2. The topological polar surface area (TPSA) is 300 Å². The number of aliphatic hydroxyl groups excluding tert-OH is 11. The average Bonchev–Trinajstić information content (AvgIpc) is 2.71. The van der Waals surface area contributed by atoms with E-state index in [4.69, 9.17) is 61.3 Å². The Labute approximate surface area is 200 Å². The summed E-state index contributed by atoms with van der Waals surface area (Å²) in [5.74, 6) is -2.62. The van der Waals surface area contributed by atoms with E-state index in [9.17, 15) is 14.7 Å². The van der Waals surface area contributed by atoms with Gasteiger partial charge in [-0.2, -0.15) is 0 Å². The summed E-state index contributed by atoms with van der Waals surface area (Å²) in [5.41, 5.74) is 0. The van der Waals surface area contributed by atoms with Crippen molar-refractivity contribution in [3.05, 3.63) is 0 Å². The molecule has 16 heteroatoms. The molecule has 0 aliphatic heterocycles. The summed E-state index contributed by atoms with van der Waals surface area (Å²) in [5, 5.41) is 109. The van der Waals surface area contributed by atoms with Gasteiger partial charge in [-0.25, -0.2) is 4.79 Å². The van der Waals surface area contributed by atoms with Crippen molar-refractivity contribution in [3.63, 3.8) is 0 Å². The first-order valence-corrected chi connectivity index (χ1v) is 8.27. The van der Waals surface area contributed by atoms with E-state index in [-0.39, 0.29) is 42.8 Å². The monoisotopic (exact) mass is 476 g/mol. The molecular weight excluding hydrogens is 443 g/mol. The molecule has 6 atom stereocenters. The molecule has 0 radical (unpaired) electrons. The molecule has 12 N–H and O–H groups in total. The van der Waals surface area contributed by atoms with Crippen LogP contribution in [-0.2, 0) is 9.59 Å². The van der Waals surface area contributed by atoms with Crippen LogP contribution in [-0.4, -0.2) is 142 Å². The van der Waals surface area contributed by atoms with Crippen LogP contribution in [0.4, 0.5) is 0 Å². The molecule has 0 amide bonds. The molecule has 0 saturated heterocycles. The molecule has 0 rings (SSSR count). The fraction of sp³-hybridized carbons (Fsp3) is 0.867. The number of carboxylic acid groups (broad SMARTS) is 2. The van der Waals surface area contributed by atoms with Gasteiger partial charge in [0.15, 0.2) is 0 Å². The Bertz CT molecular complexity index is 374. The average molecular weight is 476 g/mol. The molecule has 15 nitrogen and oxygen atoms in total. The molecular formula is C15H33NaO15. The molecule has 0 saturated carbocycles. The third kappa shape index (κ3) is 29.5. The predicted molar refractivity (Wildman–Crippen MR) is 94.4 cm³/mol. The van der Waals surface area contributed by atoms with E-state index in [2.05, 4.69) is 0 Å². The van der Waals surface area contributed by atoms with Crippen molar-refractivity contribution in [2.45, 2.75) is 56.6 Å². The van der Waals surface area contributed by atoms with E-state index in [1.807, 2.05) is 0 Å². The number of carbonyl (C=O) groups excluding carboxylic acids is 1.